The van der Waals surface area contributed by atoms with E-state index in [1.807, 2.05) is 0 Å². The summed E-state index contributed by atoms with van der Waals surface area (Å²) in [5.41, 5.74) is 9.77. The van der Waals surface area contributed by atoms with Crippen molar-refractivity contribution in [2.75, 3.05) is 0 Å². The van der Waals surface area contributed by atoms with Crippen molar-refractivity contribution in [1.82, 2.24) is 0 Å². The number of rotatable bonds is 1. The molecule has 1 aliphatic carbocycles. The van der Waals surface area contributed by atoms with E-state index in [1.165, 1.54) is 49.7 Å². The molecule has 0 heterocycles. The molecule has 0 radical (unpaired) electrons. The van der Waals surface area contributed by atoms with E-state index in [9.17, 15) is 0 Å². The van der Waals surface area contributed by atoms with Crippen LogP contribution < -0.4 is 0 Å². The standard InChI is InChI=1S/C26H22/c1-17-15-19(21-13-8-10-18-9-4-5-11-20(18)21)16-23-22-12-6-7-14-24(22)26(2,3)25(17)23/h4-16H,1-3H3. The van der Waals surface area contributed by atoms with E-state index in [1.54, 1.807) is 0 Å². The summed E-state index contributed by atoms with van der Waals surface area (Å²) < 4.78 is 0. The van der Waals surface area contributed by atoms with Gasteiger partial charge in [-0.25, -0.2) is 0 Å². The monoisotopic (exact) mass is 334 g/mol. The molecule has 0 heteroatoms. The third kappa shape index (κ3) is 2.02. The molecule has 0 saturated carbocycles. The molecule has 0 saturated heterocycles. The van der Waals surface area contributed by atoms with Crippen LogP contribution in [0.1, 0.15) is 30.5 Å². The number of hydrogen-bond donors (Lipinski definition) is 0. The minimum absolute atomic E-state index is 0.0628. The van der Waals surface area contributed by atoms with Crippen LogP contribution >= 0.6 is 0 Å². The maximum absolute atomic E-state index is 2.40. The van der Waals surface area contributed by atoms with E-state index in [0.717, 1.165) is 0 Å². The summed E-state index contributed by atoms with van der Waals surface area (Å²) in [6.07, 6.45) is 0. The van der Waals surface area contributed by atoms with Gasteiger partial charge in [-0.05, 0) is 62.7 Å². The Balaban J connectivity index is 1.82. The second-order valence-corrected chi connectivity index (χ2v) is 7.91. The van der Waals surface area contributed by atoms with Gasteiger partial charge in [0.15, 0.2) is 0 Å². The van der Waals surface area contributed by atoms with E-state index in [-0.39, 0.29) is 5.41 Å². The van der Waals surface area contributed by atoms with Crippen LogP contribution in [-0.4, -0.2) is 0 Å². The van der Waals surface area contributed by atoms with E-state index in [4.69, 9.17) is 0 Å². The zero-order valence-electron chi connectivity index (χ0n) is 15.5. The van der Waals surface area contributed by atoms with Crippen LogP contribution in [-0.2, 0) is 5.41 Å². The van der Waals surface area contributed by atoms with Crippen molar-refractivity contribution in [1.29, 1.82) is 0 Å². The summed E-state index contributed by atoms with van der Waals surface area (Å²) >= 11 is 0. The molecule has 5 rings (SSSR count). The van der Waals surface area contributed by atoms with Crippen LogP contribution in [0, 0.1) is 6.92 Å². The highest BCUT2D eigenvalue weighted by molar-refractivity contribution is 5.98. The summed E-state index contributed by atoms with van der Waals surface area (Å²) in [6.45, 7) is 6.96. The first-order valence-electron chi connectivity index (χ1n) is 9.30. The highest BCUT2D eigenvalue weighted by Crippen LogP contribution is 2.51. The lowest BCUT2D eigenvalue weighted by Crippen LogP contribution is -2.16. The maximum atomic E-state index is 2.40. The molecule has 0 unspecified atom stereocenters. The molecular formula is C26H22. The summed E-state index contributed by atoms with van der Waals surface area (Å²) in [4.78, 5) is 0. The van der Waals surface area contributed by atoms with Crippen molar-refractivity contribution in [2.24, 2.45) is 0 Å². The van der Waals surface area contributed by atoms with Crippen molar-refractivity contribution in [3.05, 3.63) is 95.6 Å². The lowest BCUT2D eigenvalue weighted by molar-refractivity contribution is 0.656. The quantitative estimate of drug-likeness (QED) is 0.347. The first-order valence-corrected chi connectivity index (χ1v) is 9.30. The molecule has 26 heavy (non-hydrogen) atoms. The molecule has 0 atom stereocenters. The lowest BCUT2D eigenvalue weighted by atomic mass is 9.80. The molecule has 126 valence electrons. The molecule has 0 amide bonds. The average Bonchev–Trinajstić information content (AvgIpc) is 2.89. The largest absolute Gasteiger partial charge is 0.0619 e. The molecule has 4 aromatic rings. The predicted molar refractivity (Wildman–Crippen MR) is 112 cm³/mol. The van der Waals surface area contributed by atoms with Crippen LogP contribution in [0.3, 0.4) is 0 Å². The van der Waals surface area contributed by atoms with Crippen LogP contribution in [0.5, 0.6) is 0 Å². The first kappa shape index (κ1) is 15.4. The molecule has 0 nitrogen and oxygen atoms in total. The van der Waals surface area contributed by atoms with E-state index < -0.39 is 0 Å². The molecule has 4 aromatic carbocycles. The Morgan fingerprint density at radius 2 is 1.35 bits per heavy atom. The molecule has 0 fully saturated rings. The molecule has 0 spiro atoms. The fraction of sp³-hybridized carbons (Fsp3) is 0.154. The van der Waals surface area contributed by atoms with Gasteiger partial charge < -0.3 is 0 Å². The van der Waals surface area contributed by atoms with Crippen LogP contribution in [0.2, 0.25) is 0 Å². The van der Waals surface area contributed by atoms with Gasteiger partial charge in [-0.2, -0.15) is 0 Å². The third-order valence-electron chi connectivity index (χ3n) is 5.95. The normalized spacial score (nSPS) is 14.3. The fourth-order valence-electron chi connectivity index (χ4n) is 4.86. The average molecular weight is 334 g/mol. The van der Waals surface area contributed by atoms with Gasteiger partial charge >= 0.3 is 0 Å². The Morgan fingerprint density at radius 3 is 2.23 bits per heavy atom. The van der Waals surface area contributed by atoms with Crippen molar-refractivity contribution in [3.63, 3.8) is 0 Å². The topological polar surface area (TPSA) is 0 Å². The Kier molecular flexibility index (Phi) is 3.15. The van der Waals surface area contributed by atoms with Crippen molar-refractivity contribution in [2.45, 2.75) is 26.2 Å². The van der Waals surface area contributed by atoms with E-state index in [2.05, 4.69) is 99.6 Å². The zero-order chi connectivity index (χ0) is 17.9. The first-order chi connectivity index (χ1) is 12.6. The molecule has 1 aliphatic rings. The number of hydrogen-bond acceptors (Lipinski definition) is 0. The third-order valence-corrected chi connectivity index (χ3v) is 5.95. The van der Waals surface area contributed by atoms with Gasteiger partial charge in [-0.15, -0.1) is 0 Å². The second-order valence-electron chi connectivity index (χ2n) is 7.91. The van der Waals surface area contributed by atoms with Crippen molar-refractivity contribution in [3.8, 4) is 22.3 Å². The van der Waals surface area contributed by atoms with Gasteiger partial charge in [-0.3, -0.25) is 0 Å². The minimum atomic E-state index is 0.0628. The van der Waals surface area contributed by atoms with Crippen molar-refractivity contribution < 1.29 is 0 Å². The summed E-state index contributed by atoms with van der Waals surface area (Å²) in [5.74, 6) is 0. The Labute approximate surface area is 155 Å². The SMILES string of the molecule is Cc1cc(-c2cccc3ccccc23)cc2c1C(C)(C)c1ccccc1-2. The zero-order valence-corrected chi connectivity index (χ0v) is 15.5. The van der Waals surface area contributed by atoms with Gasteiger partial charge in [0, 0.05) is 5.41 Å². The number of fused-ring (bicyclic) bond motifs is 4. The van der Waals surface area contributed by atoms with Crippen LogP contribution in [0.4, 0.5) is 0 Å². The number of benzene rings is 4. The Hall–Kier alpha value is -2.86. The van der Waals surface area contributed by atoms with Crippen molar-refractivity contribution >= 4 is 10.8 Å². The van der Waals surface area contributed by atoms with Gasteiger partial charge in [-0.1, -0.05) is 86.6 Å². The highest BCUT2D eigenvalue weighted by atomic mass is 14.4. The Bertz CT molecular complexity index is 1160. The van der Waals surface area contributed by atoms with Gasteiger partial charge in [0.1, 0.15) is 0 Å². The lowest BCUT2D eigenvalue weighted by Gasteiger charge is -2.23. The van der Waals surface area contributed by atoms with E-state index >= 15 is 0 Å². The second kappa shape index (κ2) is 5.32. The van der Waals surface area contributed by atoms with E-state index in [0.29, 0.717) is 0 Å². The smallest absolute Gasteiger partial charge is 0.0161 e. The molecule has 0 N–H and O–H groups in total. The molecular weight excluding hydrogens is 312 g/mol. The maximum Gasteiger partial charge on any atom is 0.0161 e. The molecule has 0 aromatic heterocycles. The predicted octanol–water partition coefficient (Wildman–Crippen LogP) is 7.12. The number of aryl methyl sites for hydroxylation is 1. The fourth-order valence-corrected chi connectivity index (χ4v) is 4.86. The summed E-state index contributed by atoms with van der Waals surface area (Å²) in [6, 6.07) is 28.9. The summed E-state index contributed by atoms with van der Waals surface area (Å²) in [5, 5.41) is 2.61. The minimum Gasteiger partial charge on any atom is -0.0619 e. The van der Waals surface area contributed by atoms with Crippen LogP contribution in [0.15, 0.2) is 78.9 Å². The molecule has 0 aliphatic heterocycles. The Morgan fingerprint density at radius 1 is 0.654 bits per heavy atom. The van der Waals surface area contributed by atoms with Gasteiger partial charge in [0.05, 0.1) is 0 Å². The van der Waals surface area contributed by atoms with Gasteiger partial charge in [0.25, 0.3) is 0 Å². The highest BCUT2D eigenvalue weighted by Gasteiger charge is 2.36. The molecule has 0 bridgehead atoms. The summed E-state index contributed by atoms with van der Waals surface area (Å²) in [7, 11) is 0. The van der Waals surface area contributed by atoms with Crippen LogP contribution in [0.25, 0.3) is 33.0 Å². The van der Waals surface area contributed by atoms with Gasteiger partial charge in [0.2, 0.25) is 0 Å².